The molecule has 0 atom stereocenters. The molecule has 0 aliphatic heterocycles. The molecule has 1 amide bonds. The normalized spacial score (nSPS) is 10.9. The van der Waals surface area contributed by atoms with Crippen molar-refractivity contribution in [3.63, 3.8) is 0 Å². The third-order valence-corrected chi connectivity index (χ3v) is 6.19. The topological polar surface area (TPSA) is 101 Å². The number of carbonyl (C=O) groups is 2. The van der Waals surface area contributed by atoms with E-state index in [1.807, 2.05) is 41.8 Å². The van der Waals surface area contributed by atoms with E-state index in [1.165, 1.54) is 35.9 Å². The lowest BCUT2D eigenvalue weighted by atomic mass is 10.1. The van der Waals surface area contributed by atoms with Crippen LogP contribution < -0.4 is 14.8 Å². The Morgan fingerprint density at radius 2 is 1.88 bits per heavy atom. The lowest BCUT2D eigenvalue weighted by Crippen LogP contribution is -2.13. The van der Waals surface area contributed by atoms with Crippen LogP contribution in [-0.2, 0) is 4.79 Å². The standard InChI is InChI=1S/C25H17N3O4S2/c1-31-21-13-16(9-10-20(21)32-24(30)22-8-5-11-33-22)12-18(14-26)23(29)28-25-27-19(15-34-25)17-6-3-2-4-7-17/h2-13,15H,1H3,(H,27,28,29)/b18-12-. The van der Waals surface area contributed by atoms with Gasteiger partial charge in [-0.05, 0) is 35.2 Å². The molecule has 0 bridgehead atoms. The number of nitriles is 1. The van der Waals surface area contributed by atoms with E-state index in [0.29, 0.717) is 21.3 Å². The molecule has 1 N–H and O–H groups in total. The summed E-state index contributed by atoms with van der Waals surface area (Å²) in [5.41, 5.74) is 2.09. The molecular formula is C25H17N3O4S2. The summed E-state index contributed by atoms with van der Waals surface area (Å²) in [4.78, 5) is 29.8. The van der Waals surface area contributed by atoms with Crippen LogP contribution in [0.2, 0.25) is 0 Å². The average Bonchev–Trinajstić information content (AvgIpc) is 3.56. The fourth-order valence-corrected chi connectivity index (χ4v) is 4.27. The number of thiazole rings is 1. The highest BCUT2D eigenvalue weighted by atomic mass is 32.1. The number of rotatable bonds is 7. The number of nitrogens with one attached hydrogen (secondary N) is 1. The van der Waals surface area contributed by atoms with Crippen molar-refractivity contribution in [2.24, 2.45) is 0 Å². The second-order valence-electron chi connectivity index (χ2n) is 6.80. The van der Waals surface area contributed by atoms with E-state index < -0.39 is 11.9 Å². The highest BCUT2D eigenvalue weighted by Crippen LogP contribution is 2.30. The van der Waals surface area contributed by atoms with Gasteiger partial charge in [0, 0.05) is 10.9 Å². The Morgan fingerprint density at radius 1 is 1.06 bits per heavy atom. The number of amides is 1. The summed E-state index contributed by atoms with van der Waals surface area (Å²) in [6.07, 6.45) is 1.43. The number of aromatic nitrogens is 1. The molecule has 0 aliphatic rings. The molecule has 2 aromatic carbocycles. The number of carbonyl (C=O) groups excluding carboxylic acids is 2. The van der Waals surface area contributed by atoms with Crippen molar-refractivity contribution < 1.29 is 19.1 Å². The van der Waals surface area contributed by atoms with Gasteiger partial charge in [-0.1, -0.05) is 42.5 Å². The fraction of sp³-hybridized carbons (Fsp3) is 0.0400. The molecule has 0 unspecified atom stereocenters. The minimum Gasteiger partial charge on any atom is -0.493 e. The first kappa shape index (κ1) is 22.9. The number of thiophene rings is 1. The van der Waals surface area contributed by atoms with Crippen molar-refractivity contribution in [2.75, 3.05) is 12.4 Å². The van der Waals surface area contributed by atoms with E-state index in [4.69, 9.17) is 9.47 Å². The van der Waals surface area contributed by atoms with Gasteiger partial charge in [-0.25, -0.2) is 9.78 Å². The number of benzene rings is 2. The van der Waals surface area contributed by atoms with Gasteiger partial charge in [-0.2, -0.15) is 5.26 Å². The molecule has 2 aromatic heterocycles. The summed E-state index contributed by atoms with van der Waals surface area (Å²) >= 11 is 2.54. The van der Waals surface area contributed by atoms with Gasteiger partial charge in [0.15, 0.2) is 16.6 Å². The quantitative estimate of drug-likeness (QED) is 0.157. The molecular weight excluding hydrogens is 470 g/mol. The van der Waals surface area contributed by atoms with Crippen LogP contribution in [-0.4, -0.2) is 24.0 Å². The van der Waals surface area contributed by atoms with Crippen LogP contribution in [0, 0.1) is 11.3 Å². The predicted molar refractivity (Wildman–Crippen MR) is 132 cm³/mol. The summed E-state index contributed by atoms with van der Waals surface area (Å²) < 4.78 is 10.7. The van der Waals surface area contributed by atoms with Gasteiger partial charge in [-0.15, -0.1) is 22.7 Å². The summed E-state index contributed by atoms with van der Waals surface area (Å²) in [7, 11) is 1.44. The van der Waals surface area contributed by atoms with Gasteiger partial charge >= 0.3 is 5.97 Å². The Labute approximate surface area is 203 Å². The van der Waals surface area contributed by atoms with E-state index in [-0.39, 0.29) is 11.3 Å². The Balaban J connectivity index is 1.49. The molecule has 4 aromatic rings. The van der Waals surface area contributed by atoms with Gasteiger partial charge in [0.05, 0.1) is 12.8 Å². The van der Waals surface area contributed by atoms with Crippen molar-refractivity contribution in [3.05, 3.63) is 87.4 Å². The molecule has 0 aliphatic carbocycles. The smallest absolute Gasteiger partial charge is 0.353 e. The van der Waals surface area contributed by atoms with Gasteiger partial charge in [-0.3, -0.25) is 10.1 Å². The average molecular weight is 488 g/mol. The van der Waals surface area contributed by atoms with Crippen molar-refractivity contribution >= 4 is 45.8 Å². The van der Waals surface area contributed by atoms with Gasteiger partial charge in [0.2, 0.25) is 0 Å². The molecule has 0 spiro atoms. The Morgan fingerprint density at radius 3 is 2.59 bits per heavy atom. The van der Waals surface area contributed by atoms with Crippen LogP contribution in [0.3, 0.4) is 0 Å². The third kappa shape index (κ3) is 5.38. The number of hydrogen-bond donors (Lipinski definition) is 1. The van der Waals surface area contributed by atoms with E-state index in [2.05, 4.69) is 10.3 Å². The monoisotopic (exact) mass is 487 g/mol. The molecule has 9 heteroatoms. The van der Waals surface area contributed by atoms with Gasteiger partial charge < -0.3 is 9.47 Å². The van der Waals surface area contributed by atoms with Crippen LogP contribution in [0.15, 0.2) is 77.0 Å². The van der Waals surface area contributed by atoms with Crippen LogP contribution in [0.4, 0.5) is 5.13 Å². The number of hydrogen-bond acceptors (Lipinski definition) is 8. The minimum absolute atomic E-state index is 0.109. The number of esters is 1. The van der Waals surface area contributed by atoms with Crippen LogP contribution >= 0.6 is 22.7 Å². The Bertz CT molecular complexity index is 1390. The molecule has 168 valence electrons. The van der Waals surface area contributed by atoms with Crippen LogP contribution in [0.5, 0.6) is 11.5 Å². The second kappa shape index (κ2) is 10.6. The Kier molecular flexibility index (Phi) is 7.13. The molecule has 0 fully saturated rings. The highest BCUT2D eigenvalue weighted by Gasteiger charge is 2.16. The number of methoxy groups -OCH3 is 1. The van der Waals surface area contributed by atoms with Crippen molar-refractivity contribution in [1.29, 1.82) is 5.26 Å². The van der Waals surface area contributed by atoms with E-state index in [9.17, 15) is 14.9 Å². The van der Waals surface area contributed by atoms with Gasteiger partial charge in [0.1, 0.15) is 16.5 Å². The predicted octanol–water partition coefficient (Wildman–Crippen LogP) is 5.65. The minimum atomic E-state index is -0.580. The maximum absolute atomic E-state index is 12.7. The first-order valence-corrected chi connectivity index (χ1v) is 11.7. The van der Waals surface area contributed by atoms with E-state index in [1.54, 1.807) is 35.7 Å². The first-order valence-electron chi connectivity index (χ1n) is 9.95. The van der Waals surface area contributed by atoms with Crippen LogP contribution in [0.25, 0.3) is 17.3 Å². The Hall–Kier alpha value is -4.26. The maximum Gasteiger partial charge on any atom is 0.353 e. The maximum atomic E-state index is 12.7. The summed E-state index contributed by atoms with van der Waals surface area (Å²) in [5, 5.41) is 16.2. The first-order chi connectivity index (χ1) is 16.6. The molecule has 2 heterocycles. The molecule has 34 heavy (non-hydrogen) atoms. The second-order valence-corrected chi connectivity index (χ2v) is 8.61. The highest BCUT2D eigenvalue weighted by molar-refractivity contribution is 7.14. The van der Waals surface area contributed by atoms with E-state index in [0.717, 1.165) is 11.3 Å². The third-order valence-electron chi connectivity index (χ3n) is 4.58. The lowest BCUT2D eigenvalue weighted by molar-refractivity contribution is -0.112. The largest absolute Gasteiger partial charge is 0.493 e. The number of nitrogens with zero attached hydrogens (tertiary/aromatic N) is 2. The summed E-state index contributed by atoms with van der Waals surface area (Å²) in [6.45, 7) is 0. The lowest BCUT2D eigenvalue weighted by Gasteiger charge is -2.09. The molecule has 0 saturated carbocycles. The summed E-state index contributed by atoms with van der Waals surface area (Å²) in [5.74, 6) is -0.545. The van der Waals surface area contributed by atoms with E-state index >= 15 is 0 Å². The summed E-state index contributed by atoms with van der Waals surface area (Å²) in [6, 6.07) is 19.7. The number of ether oxygens (including phenoxy) is 2. The van der Waals surface area contributed by atoms with Crippen molar-refractivity contribution in [2.45, 2.75) is 0 Å². The zero-order valence-electron chi connectivity index (χ0n) is 17.8. The fourth-order valence-electron chi connectivity index (χ4n) is 2.96. The van der Waals surface area contributed by atoms with Gasteiger partial charge in [0.25, 0.3) is 5.91 Å². The van der Waals surface area contributed by atoms with Crippen molar-refractivity contribution in [1.82, 2.24) is 4.98 Å². The molecule has 0 radical (unpaired) electrons. The molecule has 7 nitrogen and oxygen atoms in total. The zero-order chi connectivity index (χ0) is 23.9. The zero-order valence-corrected chi connectivity index (χ0v) is 19.5. The van der Waals surface area contributed by atoms with Crippen LogP contribution in [0.1, 0.15) is 15.2 Å². The molecule has 0 saturated heterocycles. The number of anilines is 1. The van der Waals surface area contributed by atoms with Crippen molar-refractivity contribution in [3.8, 4) is 28.8 Å². The molecule has 4 rings (SSSR count). The SMILES string of the molecule is COc1cc(/C=C(/C#N)C(=O)Nc2nc(-c3ccccc3)cs2)ccc1OC(=O)c1cccs1.